The van der Waals surface area contributed by atoms with E-state index in [4.69, 9.17) is 4.74 Å². The van der Waals surface area contributed by atoms with Crippen molar-refractivity contribution in [3.8, 4) is 0 Å². The normalized spacial score (nSPS) is 30.2. The predicted molar refractivity (Wildman–Crippen MR) is 66.0 cm³/mol. The van der Waals surface area contributed by atoms with Gasteiger partial charge < -0.3 is 15.0 Å². The van der Waals surface area contributed by atoms with Crippen LogP contribution in [0.15, 0.2) is 18.2 Å². The lowest BCUT2D eigenvalue weighted by atomic mass is 9.96. The average Bonchev–Trinajstić information content (AvgIpc) is 3.02. The number of benzene rings is 1. The minimum atomic E-state index is -0.249. The van der Waals surface area contributed by atoms with Crippen molar-refractivity contribution in [1.29, 1.82) is 0 Å². The van der Waals surface area contributed by atoms with Gasteiger partial charge in [0.2, 0.25) is 5.95 Å². The monoisotopic (exact) mass is 247 g/mol. The molecular weight excluding hydrogens is 233 g/mol. The maximum Gasteiger partial charge on any atom is 0.201 e. The Labute approximate surface area is 104 Å². The van der Waals surface area contributed by atoms with Gasteiger partial charge in [-0.1, -0.05) is 0 Å². The van der Waals surface area contributed by atoms with Gasteiger partial charge >= 0.3 is 0 Å². The highest BCUT2D eigenvalue weighted by Crippen LogP contribution is 2.35. The Morgan fingerprint density at radius 1 is 1.39 bits per heavy atom. The number of halogens is 1. The Morgan fingerprint density at radius 2 is 2.33 bits per heavy atom. The number of hydrogen-bond acceptors (Lipinski definition) is 3. The number of aromatic amines is 1. The highest BCUT2D eigenvalue weighted by atomic mass is 19.1. The molecule has 18 heavy (non-hydrogen) atoms. The van der Waals surface area contributed by atoms with Gasteiger partial charge in [0, 0.05) is 0 Å². The number of H-pyrrole nitrogens is 1. The van der Waals surface area contributed by atoms with Crippen LogP contribution in [0, 0.1) is 5.82 Å². The molecule has 2 fully saturated rings. The van der Waals surface area contributed by atoms with Crippen molar-refractivity contribution in [2.75, 3.05) is 5.32 Å². The molecule has 4 rings (SSSR count). The molecule has 2 aliphatic heterocycles. The number of hydrogen-bond donors (Lipinski definition) is 2. The minimum absolute atomic E-state index is 0.249. The third kappa shape index (κ3) is 1.58. The van der Waals surface area contributed by atoms with Crippen molar-refractivity contribution in [3.05, 3.63) is 24.0 Å². The van der Waals surface area contributed by atoms with E-state index in [1.54, 1.807) is 6.07 Å². The quantitative estimate of drug-likeness (QED) is 0.857. The summed E-state index contributed by atoms with van der Waals surface area (Å²) in [5.74, 6) is 0.456. The molecule has 0 aliphatic carbocycles. The molecule has 2 aliphatic rings. The van der Waals surface area contributed by atoms with Crippen LogP contribution in [-0.4, -0.2) is 28.2 Å². The van der Waals surface area contributed by atoms with Crippen molar-refractivity contribution < 1.29 is 9.13 Å². The van der Waals surface area contributed by atoms with Crippen LogP contribution >= 0.6 is 0 Å². The first kappa shape index (κ1) is 10.3. The van der Waals surface area contributed by atoms with E-state index in [1.807, 2.05) is 0 Å². The molecule has 2 bridgehead atoms. The first-order valence-electron chi connectivity index (χ1n) is 6.35. The van der Waals surface area contributed by atoms with Gasteiger partial charge in [0.25, 0.3) is 0 Å². The third-order valence-corrected chi connectivity index (χ3v) is 3.87. The number of imidazole rings is 1. The second-order valence-corrected chi connectivity index (χ2v) is 5.11. The fourth-order valence-corrected chi connectivity index (χ4v) is 3.02. The van der Waals surface area contributed by atoms with Crippen LogP contribution in [0.2, 0.25) is 0 Å². The average molecular weight is 247 g/mol. The molecule has 3 unspecified atom stereocenters. The summed E-state index contributed by atoms with van der Waals surface area (Å²) in [5.41, 5.74) is 1.50. The summed E-state index contributed by atoms with van der Waals surface area (Å²) in [4.78, 5) is 7.52. The van der Waals surface area contributed by atoms with Gasteiger partial charge in [0.05, 0.1) is 29.3 Å². The highest BCUT2D eigenvalue weighted by molar-refractivity contribution is 5.77. The van der Waals surface area contributed by atoms with Gasteiger partial charge in [-0.25, -0.2) is 9.37 Å². The molecule has 2 saturated heterocycles. The maximum absolute atomic E-state index is 13.1. The first-order chi connectivity index (χ1) is 8.78. The molecule has 0 saturated carbocycles. The molecular formula is C13H14FN3O. The smallest absolute Gasteiger partial charge is 0.201 e. The molecule has 5 heteroatoms. The van der Waals surface area contributed by atoms with Crippen molar-refractivity contribution >= 4 is 17.0 Å². The number of ether oxygens (including phenoxy) is 1. The molecule has 2 aromatic rings. The van der Waals surface area contributed by atoms with Crippen LogP contribution in [0.25, 0.3) is 11.0 Å². The van der Waals surface area contributed by atoms with Gasteiger partial charge in [-0.2, -0.15) is 0 Å². The van der Waals surface area contributed by atoms with E-state index in [0.717, 1.165) is 23.9 Å². The first-order valence-corrected chi connectivity index (χ1v) is 6.35. The van der Waals surface area contributed by atoms with Gasteiger partial charge in [-0.15, -0.1) is 0 Å². The summed E-state index contributed by atoms with van der Waals surface area (Å²) in [5, 5.41) is 3.37. The SMILES string of the molecule is Fc1ccc2nc(NC3CC4CCC3O4)[nH]c2c1. The van der Waals surface area contributed by atoms with Gasteiger partial charge in [0.15, 0.2) is 0 Å². The number of fused-ring (bicyclic) bond motifs is 3. The Hall–Kier alpha value is -1.62. The lowest BCUT2D eigenvalue weighted by Gasteiger charge is -2.19. The van der Waals surface area contributed by atoms with Crippen molar-refractivity contribution in [2.24, 2.45) is 0 Å². The Kier molecular flexibility index (Phi) is 2.11. The number of nitrogens with one attached hydrogen (secondary N) is 2. The van der Waals surface area contributed by atoms with E-state index in [2.05, 4.69) is 15.3 Å². The largest absolute Gasteiger partial charge is 0.373 e. The predicted octanol–water partition coefficient (Wildman–Crippen LogP) is 2.43. The van der Waals surface area contributed by atoms with E-state index >= 15 is 0 Å². The molecule has 94 valence electrons. The lowest BCUT2D eigenvalue weighted by molar-refractivity contribution is 0.102. The molecule has 2 N–H and O–H groups in total. The number of anilines is 1. The zero-order valence-electron chi connectivity index (χ0n) is 9.82. The van der Waals surface area contributed by atoms with E-state index in [0.29, 0.717) is 24.2 Å². The van der Waals surface area contributed by atoms with E-state index < -0.39 is 0 Å². The van der Waals surface area contributed by atoms with Crippen LogP contribution in [-0.2, 0) is 4.74 Å². The van der Waals surface area contributed by atoms with E-state index in [9.17, 15) is 4.39 Å². The molecule has 0 amide bonds. The van der Waals surface area contributed by atoms with E-state index in [-0.39, 0.29) is 5.82 Å². The highest BCUT2D eigenvalue weighted by Gasteiger charge is 2.40. The van der Waals surface area contributed by atoms with Crippen LogP contribution in [0.3, 0.4) is 0 Å². The van der Waals surface area contributed by atoms with E-state index in [1.165, 1.54) is 18.6 Å². The molecule has 3 atom stereocenters. The van der Waals surface area contributed by atoms with Crippen LogP contribution in [0.1, 0.15) is 19.3 Å². The van der Waals surface area contributed by atoms with Gasteiger partial charge in [0.1, 0.15) is 5.82 Å². The fourth-order valence-electron chi connectivity index (χ4n) is 3.02. The zero-order chi connectivity index (χ0) is 12.1. The van der Waals surface area contributed by atoms with Gasteiger partial charge in [-0.05, 0) is 37.5 Å². The standard InChI is InChI=1S/C13H14FN3O/c14-7-1-3-9-10(5-7)16-13(15-9)17-11-6-8-2-4-12(11)18-8/h1,3,5,8,11-12H,2,4,6H2,(H2,15,16,17). The Balaban J connectivity index is 1.59. The van der Waals surface area contributed by atoms with Crippen molar-refractivity contribution in [2.45, 2.75) is 37.5 Å². The number of nitrogens with zero attached hydrogens (tertiary/aromatic N) is 1. The van der Waals surface area contributed by atoms with Gasteiger partial charge in [-0.3, -0.25) is 0 Å². The lowest BCUT2D eigenvalue weighted by Crippen LogP contribution is -2.30. The second-order valence-electron chi connectivity index (χ2n) is 5.11. The molecule has 4 nitrogen and oxygen atoms in total. The van der Waals surface area contributed by atoms with Crippen LogP contribution in [0.5, 0.6) is 0 Å². The minimum Gasteiger partial charge on any atom is -0.373 e. The summed E-state index contributed by atoms with van der Waals surface area (Å²) in [6.07, 6.45) is 4.05. The van der Waals surface area contributed by atoms with Crippen LogP contribution < -0.4 is 5.32 Å². The summed E-state index contributed by atoms with van der Waals surface area (Å²) in [6, 6.07) is 4.90. The number of aromatic nitrogens is 2. The fraction of sp³-hybridized carbons (Fsp3) is 0.462. The zero-order valence-corrected chi connectivity index (χ0v) is 9.82. The molecule has 1 aromatic heterocycles. The topological polar surface area (TPSA) is 49.9 Å². The van der Waals surface area contributed by atoms with Crippen molar-refractivity contribution in [1.82, 2.24) is 9.97 Å². The maximum atomic E-state index is 13.1. The molecule has 0 spiro atoms. The number of rotatable bonds is 2. The summed E-state index contributed by atoms with van der Waals surface area (Å²) >= 11 is 0. The molecule has 1 aromatic carbocycles. The summed E-state index contributed by atoms with van der Waals surface area (Å²) < 4.78 is 18.9. The Morgan fingerprint density at radius 3 is 3.11 bits per heavy atom. The summed E-state index contributed by atoms with van der Waals surface area (Å²) in [7, 11) is 0. The third-order valence-electron chi connectivity index (χ3n) is 3.87. The summed E-state index contributed by atoms with van der Waals surface area (Å²) in [6.45, 7) is 0. The molecule has 0 radical (unpaired) electrons. The second kappa shape index (κ2) is 3.68. The molecule has 3 heterocycles. The van der Waals surface area contributed by atoms with Crippen LogP contribution in [0.4, 0.5) is 10.3 Å². The van der Waals surface area contributed by atoms with Crippen molar-refractivity contribution in [3.63, 3.8) is 0 Å². The Bertz CT molecular complexity index is 597.